The van der Waals surface area contributed by atoms with Crippen LogP contribution in [-0.4, -0.2) is 0 Å². The van der Waals surface area contributed by atoms with E-state index in [1.807, 2.05) is 0 Å². The summed E-state index contributed by atoms with van der Waals surface area (Å²) in [7, 11) is 0. The first-order valence-electron chi connectivity index (χ1n) is 8.57. The molecule has 3 rings (SSSR count). The number of aryl methyl sites for hydroxylation is 2. The Labute approximate surface area is 182 Å². The summed E-state index contributed by atoms with van der Waals surface area (Å²) in [4.78, 5) is 0. The molecule has 1 heteroatoms. The number of rotatable bonds is 0. The SMILES string of the molecule is CC1=[C-]C(C)c2c(C)ccc(C)c21.Cc1c(C)c(C)[c-](C)c1C.[CH3-].[CH3-].[Hf+4]. The molecule has 0 fully saturated rings. The minimum atomic E-state index is 0. The molecule has 26 heavy (non-hydrogen) atoms. The maximum atomic E-state index is 3.48. The van der Waals surface area contributed by atoms with Crippen molar-refractivity contribution < 1.29 is 25.8 Å². The van der Waals surface area contributed by atoms with Gasteiger partial charge < -0.3 is 14.9 Å². The molecule has 0 aliphatic heterocycles. The van der Waals surface area contributed by atoms with Crippen molar-refractivity contribution in [2.24, 2.45) is 0 Å². The van der Waals surface area contributed by atoms with Gasteiger partial charge in [0.25, 0.3) is 0 Å². The molecule has 2 aromatic rings. The summed E-state index contributed by atoms with van der Waals surface area (Å²) in [6.45, 7) is 19.8. The van der Waals surface area contributed by atoms with Crippen molar-refractivity contribution in [3.8, 4) is 0 Å². The van der Waals surface area contributed by atoms with Gasteiger partial charge in [-0.25, -0.2) is 5.57 Å². The van der Waals surface area contributed by atoms with Gasteiger partial charge in [0.05, 0.1) is 0 Å². The second kappa shape index (κ2) is 10.5. The summed E-state index contributed by atoms with van der Waals surface area (Å²) in [6, 6.07) is 4.42. The molecule has 140 valence electrons. The third-order valence-corrected chi connectivity index (χ3v) is 5.73. The van der Waals surface area contributed by atoms with E-state index in [0.717, 1.165) is 0 Å². The Kier molecular flexibility index (Phi) is 11.1. The quantitative estimate of drug-likeness (QED) is 0.252. The van der Waals surface area contributed by atoms with Crippen molar-refractivity contribution >= 4 is 5.57 Å². The third kappa shape index (κ3) is 4.91. The fourth-order valence-corrected chi connectivity index (χ4v) is 3.76. The molecule has 0 nitrogen and oxygen atoms in total. The maximum absolute atomic E-state index is 3.48. The van der Waals surface area contributed by atoms with Gasteiger partial charge in [-0.15, -0.1) is 11.1 Å². The molecule has 0 amide bonds. The van der Waals surface area contributed by atoms with Crippen molar-refractivity contribution in [2.45, 2.75) is 68.2 Å². The Morgan fingerprint density at radius 3 is 1.58 bits per heavy atom. The van der Waals surface area contributed by atoms with Gasteiger partial charge in [-0.1, -0.05) is 79.0 Å². The zero-order chi connectivity index (χ0) is 17.5. The van der Waals surface area contributed by atoms with Crippen LogP contribution in [0.25, 0.3) is 5.57 Å². The molecule has 2 aromatic carbocycles. The van der Waals surface area contributed by atoms with Gasteiger partial charge in [0.2, 0.25) is 0 Å². The zero-order valence-corrected chi connectivity index (χ0v) is 22.3. The van der Waals surface area contributed by atoms with Gasteiger partial charge >= 0.3 is 25.8 Å². The number of allylic oxidation sites excluding steroid dienone is 2. The predicted molar refractivity (Wildman–Crippen MR) is 115 cm³/mol. The molecule has 1 atom stereocenters. The van der Waals surface area contributed by atoms with Gasteiger partial charge in [0, 0.05) is 0 Å². The van der Waals surface area contributed by atoms with E-state index in [-0.39, 0.29) is 40.7 Å². The minimum Gasteiger partial charge on any atom is -0.358 e. The molecular weight excluding hydrogens is 479 g/mol. The van der Waals surface area contributed by atoms with Crippen LogP contribution in [0.5, 0.6) is 0 Å². The first-order valence-corrected chi connectivity index (χ1v) is 8.57. The number of benzene rings is 1. The van der Waals surface area contributed by atoms with E-state index in [4.69, 9.17) is 0 Å². The summed E-state index contributed by atoms with van der Waals surface area (Å²) in [6.07, 6.45) is 3.48. The van der Waals surface area contributed by atoms with Gasteiger partial charge in [-0.05, 0) is 6.92 Å². The van der Waals surface area contributed by atoms with Crippen molar-refractivity contribution in [2.75, 3.05) is 0 Å². The monoisotopic (exact) mass is 516 g/mol. The first-order chi connectivity index (χ1) is 10.7. The molecule has 0 spiro atoms. The van der Waals surface area contributed by atoms with Crippen molar-refractivity contribution in [3.05, 3.63) is 83.1 Å². The Morgan fingerprint density at radius 1 is 0.808 bits per heavy atom. The molecule has 0 N–H and O–H groups in total. The van der Waals surface area contributed by atoms with Crippen LogP contribution in [-0.2, 0) is 25.8 Å². The van der Waals surface area contributed by atoms with Gasteiger partial charge in [0.15, 0.2) is 0 Å². The Morgan fingerprint density at radius 2 is 1.23 bits per heavy atom. The van der Waals surface area contributed by atoms with E-state index in [1.54, 1.807) is 0 Å². The van der Waals surface area contributed by atoms with Crippen LogP contribution >= 0.6 is 0 Å². The van der Waals surface area contributed by atoms with Crippen molar-refractivity contribution in [1.29, 1.82) is 0 Å². The van der Waals surface area contributed by atoms with Crippen LogP contribution in [0.1, 0.15) is 69.8 Å². The molecule has 0 aromatic heterocycles. The van der Waals surface area contributed by atoms with Crippen LogP contribution in [0.4, 0.5) is 0 Å². The van der Waals surface area contributed by atoms with Gasteiger partial charge in [-0.3, -0.25) is 6.08 Å². The molecule has 0 bridgehead atoms. The summed E-state index contributed by atoms with van der Waals surface area (Å²) in [5.74, 6) is 0.481. The number of hydrogen-bond donors (Lipinski definition) is 0. The van der Waals surface area contributed by atoms with E-state index in [0.29, 0.717) is 5.92 Å². The van der Waals surface area contributed by atoms with E-state index >= 15 is 0 Å². The van der Waals surface area contributed by atoms with Gasteiger partial charge in [0.1, 0.15) is 0 Å². The second-order valence-corrected chi connectivity index (χ2v) is 7.10. The molecular formula is C25H36Hf. The van der Waals surface area contributed by atoms with E-state index in [2.05, 4.69) is 80.5 Å². The fraction of sp³-hybridized carbons (Fsp3) is 0.400. The number of hydrogen-bond acceptors (Lipinski definition) is 0. The molecule has 0 heterocycles. The zero-order valence-electron chi connectivity index (χ0n) is 18.7. The molecule has 0 saturated heterocycles. The van der Waals surface area contributed by atoms with Crippen molar-refractivity contribution in [1.82, 2.24) is 0 Å². The number of fused-ring (bicyclic) bond motifs is 1. The van der Waals surface area contributed by atoms with Crippen LogP contribution in [0.3, 0.4) is 0 Å². The first kappa shape index (κ1) is 27.4. The molecule has 0 saturated carbocycles. The topological polar surface area (TPSA) is 0 Å². The summed E-state index contributed by atoms with van der Waals surface area (Å²) < 4.78 is 0. The van der Waals surface area contributed by atoms with Gasteiger partial charge in [-0.2, -0.15) is 33.4 Å². The van der Waals surface area contributed by atoms with E-state index in [1.165, 1.54) is 55.6 Å². The molecule has 1 aliphatic rings. The minimum absolute atomic E-state index is 0. The maximum Gasteiger partial charge on any atom is 4.00 e. The molecule has 0 radical (unpaired) electrons. The van der Waals surface area contributed by atoms with Crippen molar-refractivity contribution in [3.63, 3.8) is 0 Å². The summed E-state index contributed by atoms with van der Waals surface area (Å²) in [5, 5.41) is 0. The average Bonchev–Trinajstić information content (AvgIpc) is 2.90. The van der Waals surface area contributed by atoms with Crippen LogP contribution in [0, 0.1) is 69.4 Å². The smallest absolute Gasteiger partial charge is 0.358 e. The normalized spacial score (nSPS) is 14.0. The second-order valence-electron chi connectivity index (χ2n) is 7.10. The average molecular weight is 515 g/mol. The van der Waals surface area contributed by atoms with Crippen LogP contribution in [0.15, 0.2) is 12.1 Å². The molecule has 1 aliphatic carbocycles. The summed E-state index contributed by atoms with van der Waals surface area (Å²) >= 11 is 0. The van der Waals surface area contributed by atoms with Crippen LogP contribution < -0.4 is 0 Å². The Hall–Kier alpha value is -0.820. The Bertz CT molecular complexity index is 692. The third-order valence-electron chi connectivity index (χ3n) is 5.73. The largest absolute Gasteiger partial charge is 4.00 e. The standard InChI is InChI=1S/C13H15.C10H15.2CH3.Hf/c1-8-5-6-9(2)13-11(4)7-10(3)12(8)13;1-6-7(2)9(4)10(5)8(6)3;;;/h5-6,10H,1-4H3;1-5H3;2*1H3;/q4*-1;+4. The van der Waals surface area contributed by atoms with E-state index in [9.17, 15) is 0 Å². The fourth-order valence-electron chi connectivity index (χ4n) is 3.76. The van der Waals surface area contributed by atoms with Crippen LogP contribution in [0.2, 0.25) is 0 Å². The summed E-state index contributed by atoms with van der Waals surface area (Å²) in [5.41, 5.74) is 14.4. The molecule has 1 unspecified atom stereocenters. The van der Waals surface area contributed by atoms with E-state index < -0.39 is 0 Å². The predicted octanol–water partition coefficient (Wildman–Crippen LogP) is 7.47. The Balaban J connectivity index is 0.